The van der Waals surface area contributed by atoms with Gasteiger partial charge in [0, 0.05) is 29.7 Å². The van der Waals surface area contributed by atoms with E-state index in [1.54, 1.807) is 0 Å². The summed E-state index contributed by atoms with van der Waals surface area (Å²) in [7, 11) is 0. The van der Waals surface area contributed by atoms with Crippen molar-refractivity contribution in [2.45, 2.75) is 6.42 Å². The maximum Gasteiger partial charge on any atom is 0.321 e. The molecule has 1 heterocycles. The highest BCUT2D eigenvalue weighted by molar-refractivity contribution is 7.14. The van der Waals surface area contributed by atoms with Crippen LogP contribution in [0.1, 0.15) is 6.42 Å². The molecule has 0 saturated heterocycles. The van der Waals surface area contributed by atoms with Crippen LogP contribution in [0.4, 0.5) is 15.6 Å². The molecule has 3 aromatic rings. The zero-order valence-electron chi connectivity index (χ0n) is 13.7. The van der Waals surface area contributed by atoms with Gasteiger partial charge >= 0.3 is 6.03 Å². The van der Waals surface area contributed by atoms with Crippen molar-refractivity contribution in [3.05, 3.63) is 66.0 Å². The third-order valence-electron chi connectivity index (χ3n) is 3.54. The molecule has 1 aromatic heterocycles. The van der Waals surface area contributed by atoms with Crippen LogP contribution in [0.5, 0.6) is 0 Å². The van der Waals surface area contributed by atoms with Crippen molar-refractivity contribution in [1.82, 2.24) is 10.3 Å². The Labute approximate surface area is 151 Å². The normalized spacial score (nSPS) is 10.2. The summed E-state index contributed by atoms with van der Waals surface area (Å²) in [5.41, 5.74) is 3.00. The number of carbonyl (C=O) groups is 1. The second-order valence-electron chi connectivity index (χ2n) is 5.43. The highest BCUT2D eigenvalue weighted by Gasteiger charge is 2.07. The third-order valence-corrected chi connectivity index (χ3v) is 4.29. The molecular weight excluding hydrogens is 332 g/mol. The standard InChI is InChI=1S/C19H20N4OS/c24-18(21-13-7-12-20-16-10-5-2-6-11-16)23-19-22-17(14-25-19)15-8-3-1-4-9-15/h1-6,8-11,14,20H,7,12-13H2,(H2,21,22,23,24). The summed E-state index contributed by atoms with van der Waals surface area (Å²) in [6.07, 6.45) is 0.843. The van der Waals surface area contributed by atoms with Gasteiger partial charge in [-0.1, -0.05) is 48.5 Å². The van der Waals surface area contributed by atoms with Crippen LogP contribution < -0.4 is 16.0 Å². The molecule has 0 unspecified atom stereocenters. The van der Waals surface area contributed by atoms with Crippen LogP contribution in [0.25, 0.3) is 11.3 Å². The monoisotopic (exact) mass is 352 g/mol. The molecule has 6 heteroatoms. The average molecular weight is 352 g/mol. The number of hydrogen-bond donors (Lipinski definition) is 3. The number of nitrogens with zero attached hydrogens (tertiary/aromatic N) is 1. The first-order valence-corrected chi connectivity index (χ1v) is 9.04. The minimum absolute atomic E-state index is 0.228. The average Bonchev–Trinajstić information content (AvgIpc) is 3.11. The van der Waals surface area contributed by atoms with E-state index in [0.717, 1.165) is 29.9 Å². The summed E-state index contributed by atoms with van der Waals surface area (Å²) in [5, 5.41) is 11.5. The topological polar surface area (TPSA) is 66.1 Å². The number of thiazole rings is 1. The SMILES string of the molecule is O=C(NCCCNc1ccccc1)Nc1nc(-c2ccccc2)cs1. The molecular formula is C19H20N4OS. The Morgan fingerprint density at radius 2 is 1.68 bits per heavy atom. The molecule has 0 atom stereocenters. The molecule has 3 N–H and O–H groups in total. The van der Waals surface area contributed by atoms with Crippen molar-refractivity contribution in [2.75, 3.05) is 23.7 Å². The molecule has 3 rings (SSSR count). The van der Waals surface area contributed by atoms with Gasteiger partial charge in [-0.2, -0.15) is 0 Å². The highest BCUT2D eigenvalue weighted by Crippen LogP contribution is 2.24. The van der Waals surface area contributed by atoms with Gasteiger partial charge in [0.15, 0.2) is 5.13 Å². The van der Waals surface area contributed by atoms with Crippen LogP contribution >= 0.6 is 11.3 Å². The minimum atomic E-state index is -0.228. The van der Waals surface area contributed by atoms with Gasteiger partial charge < -0.3 is 10.6 Å². The summed E-state index contributed by atoms with van der Waals surface area (Å²) in [5.74, 6) is 0. The fourth-order valence-corrected chi connectivity index (χ4v) is 3.01. The molecule has 0 saturated carbocycles. The van der Waals surface area contributed by atoms with Crippen LogP contribution in [-0.4, -0.2) is 24.1 Å². The zero-order valence-corrected chi connectivity index (χ0v) is 14.6. The van der Waals surface area contributed by atoms with Crippen molar-refractivity contribution in [1.29, 1.82) is 0 Å². The van der Waals surface area contributed by atoms with Gasteiger partial charge in [-0.3, -0.25) is 5.32 Å². The lowest BCUT2D eigenvalue weighted by atomic mass is 10.2. The van der Waals surface area contributed by atoms with Crippen LogP contribution in [0.2, 0.25) is 0 Å². The fraction of sp³-hybridized carbons (Fsp3) is 0.158. The maximum atomic E-state index is 11.9. The molecule has 0 aliphatic heterocycles. The summed E-state index contributed by atoms with van der Waals surface area (Å²) in [6.45, 7) is 1.41. The number of amides is 2. The van der Waals surface area contributed by atoms with E-state index in [-0.39, 0.29) is 6.03 Å². The van der Waals surface area contributed by atoms with Gasteiger partial charge in [-0.25, -0.2) is 9.78 Å². The second kappa shape index (κ2) is 8.84. The third kappa shape index (κ3) is 5.32. The van der Waals surface area contributed by atoms with Gasteiger partial charge in [0.2, 0.25) is 0 Å². The largest absolute Gasteiger partial charge is 0.385 e. The number of carbonyl (C=O) groups excluding carboxylic acids is 1. The van der Waals surface area contributed by atoms with Crippen molar-refractivity contribution < 1.29 is 4.79 Å². The van der Waals surface area contributed by atoms with Crippen molar-refractivity contribution in [3.63, 3.8) is 0 Å². The summed E-state index contributed by atoms with van der Waals surface area (Å²) in [4.78, 5) is 16.4. The molecule has 0 bridgehead atoms. The highest BCUT2D eigenvalue weighted by atomic mass is 32.1. The number of rotatable bonds is 7. The molecule has 0 radical (unpaired) electrons. The molecule has 0 aliphatic carbocycles. The summed E-state index contributed by atoms with van der Waals surface area (Å²) in [6, 6.07) is 19.7. The van der Waals surface area contributed by atoms with Gasteiger partial charge in [0.1, 0.15) is 0 Å². The molecule has 2 amide bonds. The maximum absolute atomic E-state index is 11.9. The van der Waals surface area contributed by atoms with Crippen molar-refractivity contribution >= 4 is 28.2 Å². The summed E-state index contributed by atoms with van der Waals surface area (Å²) >= 11 is 1.42. The lowest BCUT2D eigenvalue weighted by Crippen LogP contribution is -2.30. The van der Waals surface area contributed by atoms with E-state index in [1.165, 1.54) is 11.3 Å². The van der Waals surface area contributed by atoms with Gasteiger partial charge in [-0.05, 0) is 18.6 Å². The second-order valence-corrected chi connectivity index (χ2v) is 6.29. The Bertz CT molecular complexity index is 789. The lowest BCUT2D eigenvalue weighted by molar-refractivity contribution is 0.252. The number of urea groups is 1. The van der Waals surface area contributed by atoms with E-state index in [1.807, 2.05) is 66.0 Å². The minimum Gasteiger partial charge on any atom is -0.385 e. The molecule has 0 spiro atoms. The van der Waals surface area contributed by atoms with Gasteiger partial charge in [-0.15, -0.1) is 11.3 Å². The van der Waals surface area contributed by atoms with Crippen molar-refractivity contribution in [3.8, 4) is 11.3 Å². The van der Waals surface area contributed by atoms with Crippen LogP contribution in [0.3, 0.4) is 0 Å². The predicted molar refractivity (Wildman–Crippen MR) is 104 cm³/mol. The number of para-hydroxylation sites is 1. The number of hydrogen-bond acceptors (Lipinski definition) is 4. The van der Waals surface area contributed by atoms with Gasteiger partial charge in [0.05, 0.1) is 5.69 Å². The Morgan fingerprint density at radius 3 is 2.44 bits per heavy atom. The van der Waals surface area contributed by atoms with E-state index >= 15 is 0 Å². The van der Waals surface area contributed by atoms with Crippen LogP contribution in [0.15, 0.2) is 66.0 Å². The number of aromatic nitrogens is 1. The van der Waals surface area contributed by atoms with E-state index in [4.69, 9.17) is 0 Å². The predicted octanol–water partition coefficient (Wildman–Crippen LogP) is 4.43. The number of nitrogens with one attached hydrogen (secondary N) is 3. The van der Waals surface area contributed by atoms with Crippen LogP contribution in [-0.2, 0) is 0 Å². The zero-order chi connectivity index (χ0) is 17.3. The first-order chi connectivity index (χ1) is 12.3. The molecule has 2 aromatic carbocycles. The number of benzene rings is 2. The van der Waals surface area contributed by atoms with Crippen molar-refractivity contribution in [2.24, 2.45) is 0 Å². The first-order valence-electron chi connectivity index (χ1n) is 8.16. The molecule has 0 fully saturated rings. The van der Waals surface area contributed by atoms with Crippen LogP contribution in [0, 0.1) is 0 Å². The quantitative estimate of drug-likeness (QED) is 0.551. The first kappa shape index (κ1) is 17.0. The number of anilines is 2. The molecule has 0 aliphatic rings. The van der Waals surface area contributed by atoms with E-state index < -0.39 is 0 Å². The Kier molecular flexibility index (Phi) is 6.01. The Morgan fingerprint density at radius 1 is 0.960 bits per heavy atom. The summed E-state index contributed by atoms with van der Waals surface area (Å²) < 4.78 is 0. The van der Waals surface area contributed by atoms with Gasteiger partial charge in [0.25, 0.3) is 0 Å². The van der Waals surface area contributed by atoms with E-state index in [9.17, 15) is 4.79 Å². The lowest BCUT2D eigenvalue weighted by Gasteiger charge is -2.07. The molecule has 25 heavy (non-hydrogen) atoms. The van der Waals surface area contributed by atoms with E-state index in [0.29, 0.717) is 11.7 Å². The Hall–Kier alpha value is -2.86. The Balaban J connectivity index is 1.37. The fourth-order valence-electron chi connectivity index (χ4n) is 2.29. The molecule has 5 nitrogen and oxygen atoms in total. The van der Waals surface area contributed by atoms with E-state index in [2.05, 4.69) is 20.9 Å². The molecule has 128 valence electrons. The smallest absolute Gasteiger partial charge is 0.321 e.